The summed E-state index contributed by atoms with van der Waals surface area (Å²) in [5.41, 5.74) is -1.30. The minimum absolute atomic E-state index is 0.0454. The van der Waals surface area contributed by atoms with Gasteiger partial charge in [0.1, 0.15) is 22.7 Å². The van der Waals surface area contributed by atoms with Crippen LogP contribution in [0.25, 0.3) is 11.3 Å². The minimum Gasteiger partial charge on any atom is -0.505 e. The fourth-order valence-electron chi connectivity index (χ4n) is 2.12. The molecule has 0 spiro atoms. The number of halogens is 1. The minimum atomic E-state index is -0.855. The van der Waals surface area contributed by atoms with Crippen LogP contribution in [0.4, 0.5) is 9.18 Å². The molecule has 2 rings (SSSR count). The predicted molar refractivity (Wildman–Crippen MR) is 84.5 cm³/mol. The molecule has 7 heteroatoms. The molecule has 0 aliphatic rings. The van der Waals surface area contributed by atoms with E-state index >= 15 is 0 Å². The first kappa shape index (κ1) is 17.5. The van der Waals surface area contributed by atoms with Gasteiger partial charge in [0.2, 0.25) is 0 Å². The van der Waals surface area contributed by atoms with Gasteiger partial charge in [-0.15, -0.1) is 0 Å². The van der Waals surface area contributed by atoms with Crippen LogP contribution in [-0.2, 0) is 9.47 Å². The molecule has 0 bridgehead atoms. The Morgan fingerprint density at radius 3 is 2.38 bits per heavy atom. The molecule has 0 saturated heterocycles. The highest BCUT2D eigenvalue weighted by Gasteiger charge is 2.29. The van der Waals surface area contributed by atoms with Gasteiger partial charge < -0.3 is 14.6 Å². The number of hydrogen-bond donors (Lipinski definition) is 1. The fourth-order valence-corrected chi connectivity index (χ4v) is 2.12. The molecule has 24 heavy (non-hydrogen) atoms. The molecule has 0 amide bonds. The van der Waals surface area contributed by atoms with Gasteiger partial charge in [0.15, 0.2) is 5.75 Å². The maximum Gasteiger partial charge on any atom is 0.419 e. The second kappa shape index (κ2) is 6.35. The van der Waals surface area contributed by atoms with Crippen LogP contribution in [0.1, 0.15) is 31.1 Å². The highest BCUT2D eigenvalue weighted by molar-refractivity contribution is 5.97. The van der Waals surface area contributed by atoms with E-state index in [0.29, 0.717) is 0 Å². The standard InChI is InChI=1S/C17H18FNO5/c1-17(2,3)24-16(22)19-9-11(15(21)23-4)14(20)13(19)10-7-5-6-8-12(10)18/h5-9,20H,1-4H3. The van der Waals surface area contributed by atoms with Crippen LogP contribution in [0, 0.1) is 5.82 Å². The van der Waals surface area contributed by atoms with Crippen LogP contribution in [0.5, 0.6) is 5.75 Å². The molecule has 0 aliphatic carbocycles. The molecule has 1 N–H and O–H groups in total. The van der Waals surface area contributed by atoms with E-state index in [0.717, 1.165) is 17.9 Å². The summed E-state index contributed by atoms with van der Waals surface area (Å²) in [6.07, 6.45) is 0.211. The number of benzene rings is 1. The fraction of sp³-hybridized carbons (Fsp3) is 0.294. The van der Waals surface area contributed by atoms with Gasteiger partial charge in [0.25, 0.3) is 0 Å². The van der Waals surface area contributed by atoms with Crippen LogP contribution >= 0.6 is 0 Å². The Balaban J connectivity index is 2.67. The molecule has 1 aromatic heterocycles. The average Bonchev–Trinajstić information content (AvgIpc) is 2.83. The van der Waals surface area contributed by atoms with Crippen molar-refractivity contribution in [2.24, 2.45) is 0 Å². The molecule has 0 atom stereocenters. The van der Waals surface area contributed by atoms with Crippen molar-refractivity contribution in [3.8, 4) is 17.0 Å². The van der Waals surface area contributed by atoms with Crippen molar-refractivity contribution in [2.75, 3.05) is 7.11 Å². The quantitative estimate of drug-likeness (QED) is 0.849. The Morgan fingerprint density at radius 1 is 1.21 bits per heavy atom. The molecule has 1 aromatic carbocycles. The molecule has 0 saturated carbocycles. The third-order valence-electron chi connectivity index (χ3n) is 3.10. The number of methoxy groups -OCH3 is 1. The predicted octanol–water partition coefficient (Wildman–Crippen LogP) is 3.57. The molecule has 0 unspecified atom stereocenters. The van der Waals surface area contributed by atoms with E-state index in [1.807, 2.05) is 0 Å². The zero-order valence-electron chi connectivity index (χ0n) is 13.8. The third kappa shape index (κ3) is 3.40. The number of carbonyl (C=O) groups excluding carboxylic acids is 2. The van der Waals surface area contributed by atoms with Crippen LogP contribution in [-0.4, -0.2) is 34.4 Å². The van der Waals surface area contributed by atoms with E-state index in [9.17, 15) is 19.1 Å². The first-order valence-electron chi connectivity index (χ1n) is 7.16. The molecule has 1 heterocycles. The third-order valence-corrected chi connectivity index (χ3v) is 3.10. The molecule has 6 nitrogen and oxygen atoms in total. The molecule has 128 valence electrons. The second-order valence-corrected chi connectivity index (χ2v) is 6.06. The van der Waals surface area contributed by atoms with Crippen LogP contribution < -0.4 is 0 Å². The summed E-state index contributed by atoms with van der Waals surface area (Å²) in [5.74, 6) is -2.07. The Labute approximate surface area is 138 Å². The van der Waals surface area contributed by atoms with Crippen molar-refractivity contribution in [3.63, 3.8) is 0 Å². The van der Waals surface area contributed by atoms with E-state index in [1.165, 1.54) is 18.2 Å². The summed E-state index contributed by atoms with van der Waals surface area (Å²) in [6, 6.07) is 5.57. The lowest BCUT2D eigenvalue weighted by atomic mass is 10.1. The summed E-state index contributed by atoms with van der Waals surface area (Å²) >= 11 is 0. The summed E-state index contributed by atoms with van der Waals surface area (Å²) < 4.78 is 24.9. The summed E-state index contributed by atoms with van der Waals surface area (Å²) in [6.45, 7) is 4.99. The van der Waals surface area contributed by atoms with Gasteiger partial charge in [0, 0.05) is 11.8 Å². The van der Waals surface area contributed by atoms with Crippen molar-refractivity contribution in [1.82, 2.24) is 4.57 Å². The Morgan fingerprint density at radius 2 is 1.83 bits per heavy atom. The van der Waals surface area contributed by atoms with Crippen molar-refractivity contribution >= 4 is 12.1 Å². The summed E-state index contributed by atoms with van der Waals surface area (Å²) in [5, 5.41) is 10.3. The zero-order valence-corrected chi connectivity index (χ0v) is 13.8. The molecule has 0 radical (unpaired) electrons. The number of hydrogen-bond acceptors (Lipinski definition) is 5. The highest BCUT2D eigenvalue weighted by atomic mass is 19.1. The Hall–Kier alpha value is -2.83. The second-order valence-electron chi connectivity index (χ2n) is 6.06. The number of aromatic hydroxyl groups is 1. The monoisotopic (exact) mass is 335 g/mol. The van der Waals surface area contributed by atoms with E-state index in [1.54, 1.807) is 26.8 Å². The van der Waals surface area contributed by atoms with E-state index in [-0.39, 0.29) is 16.8 Å². The van der Waals surface area contributed by atoms with Crippen LogP contribution in [0.15, 0.2) is 30.5 Å². The van der Waals surface area contributed by atoms with Crippen molar-refractivity contribution < 1.29 is 28.6 Å². The first-order valence-corrected chi connectivity index (χ1v) is 7.16. The molecular formula is C17H18FNO5. The summed E-state index contributed by atoms with van der Waals surface area (Å²) in [4.78, 5) is 24.2. The lowest BCUT2D eigenvalue weighted by molar-refractivity contribution is 0.0539. The number of rotatable bonds is 2. The van der Waals surface area contributed by atoms with Crippen molar-refractivity contribution in [2.45, 2.75) is 26.4 Å². The number of aromatic nitrogens is 1. The van der Waals surface area contributed by atoms with Gasteiger partial charge in [-0.1, -0.05) is 12.1 Å². The smallest absolute Gasteiger partial charge is 0.419 e. The molecule has 0 fully saturated rings. The normalized spacial score (nSPS) is 11.2. The van der Waals surface area contributed by atoms with E-state index < -0.39 is 29.2 Å². The van der Waals surface area contributed by atoms with Gasteiger partial charge in [-0.3, -0.25) is 0 Å². The topological polar surface area (TPSA) is 77.8 Å². The lowest BCUT2D eigenvalue weighted by Gasteiger charge is -2.20. The maximum atomic E-state index is 14.1. The van der Waals surface area contributed by atoms with Crippen molar-refractivity contribution in [3.05, 3.63) is 41.8 Å². The highest BCUT2D eigenvalue weighted by Crippen LogP contribution is 2.36. The number of carbonyl (C=O) groups is 2. The average molecular weight is 335 g/mol. The number of nitrogens with zero attached hydrogens (tertiary/aromatic N) is 1. The summed E-state index contributed by atoms with van der Waals surface area (Å²) in [7, 11) is 1.13. The largest absolute Gasteiger partial charge is 0.505 e. The number of ether oxygens (including phenoxy) is 2. The van der Waals surface area contributed by atoms with Gasteiger partial charge in [-0.05, 0) is 32.9 Å². The van der Waals surface area contributed by atoms with Gasteiger partial charge in [-0.25, -0.2) is 18.5 Å². The lowest BCUT2D eigenvalue weighted by Crippen LogP contribution is -2.27. The maximum absolute atomic E-state index is 14.1. The SMILES string of the molecule is COC(=O)c1cn(C(=O)OC(C)(C)C)c(-c2ccccc2F)c1O. The zero-order chi connectivity index (χ0) is 18.1. The molecule has 0 aliphatic heterocycles. The molecule has 2 aromatic rings. The Bertz CT molecular complexity index is 789. The van der Waals surface area contributed by atoms with Crippen LogP contribution in [0.3, 0.4) is 0 Å². The molecular weight excluding hydrogens is 317 g/mol. The van der Waals surface area contributed by atoms with Gasteiger partial charge >= 0.3 is 12.1 Å². The van der Waals surface area contributed by atoms with E-state index in [4.69, 9.17) is 4.74 Å². The van der Waals surface area contributed by atoms with E-state index in [2.05, 4.69) is 4.74 Å². The van der Waals surface area contributed by atoms with Crippen LogP contribution in [0.2, 0.25) is 0 Å². The van der Waals surface area contributed by atoms with Gasteiger partial charge in [0.05, 0.1) is 7.11 Å². The Kier molecular flexibility index (Phi) is 4.64. The van der Waals surface area contributed by atoms with Crippen molar-refractivity contribution in [1.29, 1.82) is 0 Å². The first-order chi connectivity index (χ1) is 11.2. The number of esters is 1. The van der Waals surface area contributed by atoms with Gasteiger partial charge in [-0.2, -0.15) is 0 Å².